The fourth-order valence-corrected chi connectivity index (χ4v) is 1.09. The largest absolute Gasteiger partial charge is 0.465 e. The van der Waals surface area contributed by atoms with Gasteiger partial charge in [-0.3, -0.25) is 10.1 Å². The van der Waals surface area contributed by atoms with Crippen LogP contribution in [-0.2, 0) is 4.79 Å². The van der Waals surface area contributed by atoms with Gasteiger partial charge in [0.05, 0.1) is 6.26 Å². The number of hydrogen-bond acceptors (Lipinski definition) is 3. The summed E-state index contributed by atoms with van der Waals surface area (Å²) in [6, 6.07) is 3.49. The Hall–Kier alpha value is -1.88. The second-order valence-corrected chi connectivity index (χ2v) is 3.24. The van der Waals surface area contributed by atoms with Crippen LogP contribution < -0.4 is 10.6 Å². The second-order valence-electron chi connectivity index (χ2n) is 2.84. The lowest BCUT2D eigenvalue weighted by atomic mass is 10.4. The van der Waals surface area contributed by atoms with Crippen LogP contribution in [0.25, 0.3) is 6.08 Å². The Morgan fingerprint density at radius 3 is 3.06 bits per heavy atom. The summed E-state index contributed by atoms with van der Waals surface area (Å²) in [5, 5.41) is 5.54. The zero-order valence-corrected chi connectivity index (χ0v) is 9.42. The highest BCUT2D eigenvalue weighted by atomic mass is 32.1. The van der Waals surface area contributed by atoms with Crippen molar-refractivity contribution in [3.63, 3.8) is 0 Å². The first-order chi connectivity index (χ1) is 7.72. The molecule has 84 valence electrons. The summed E-state index contributed by atoms with van der Waals surface area (Å²) in [6.07, 6.45) is 6.09. The van der Waals surface area contributed by atoms with Gasteiger partial charge in [0.1, 0.15) is 5.76 Å². The molecule has 0 aliphatic rings. The van der Waals surface area contributed by atoms with E-state index in [2.05, 4.69) is 17.2 Å². The average Bonchev–Trinajstić information content (AvgIpc) is 2.76. The van der Waals surface area contributed by atoms with Crippen LogP contribution in [0.5, 0.6) is 0 Å². The summed E-state index contributed by atoms with van der Waals surface area (Å²) in [5.41, 5.74) is 0. The van der Waals surface area contributed by atoms with Crippen LogP contribution in [0.4, 0.5) is 0 Å². The number of furan rings is 1. The van der Waals surface area contributed by atoms with Gasteiger partial charge >= 0.3 is 0 Å². The topological polar surface area (TPSA) is 54.3 Å². The lowest BCUT2D eigenvalue weighted by molar-refractivity contribution is -0.115. The van der Waals surface area contributed by atoms with E-state index in [0.717, 1.165) is 0 Å². The number of amides is 1. The van der Waals surface area contributed by atoms with E-state index in [-0.39, 0.29) is 11.0 Å². The Balaban J connectivity index is 2.36. The first kappa shape index (κ1) is 12.2. The van der Waals surface area contributed by atoms with Crippen molar-refractivity contribution in [2.24, 2.45) is 0 Å². The zero-order chi connectivity index (χ0) is 11.8. The van der Waals surface area contributed by atoms with Gasteiger partial charge < -0.3 is 9.73 Å². The fourth-order valence-electron chi connectivity index (χ4n) is 0.907. The molecule has 1 rings (SSSR count). The van der Waals surface area contributed by atoms with Crippen LogP contribution in [0.3, 0.4) is 0 Å². The molecule has 1 heterocycles. The van der Waals surface area contributed by atoms with Crippen molar-refractivity contribution < 1.29 is 9.21 Å². The Morgan fingerprint density at radius 2 is 2.44 bits per heavy atom. The average molecular weight is 236 g/mol. The van der Waals surface area contributed by atoms with Crippen molar-refractivity contribution in [1.82, 2.24) is 10.6 Å². The first-order valence-electron chi connectivity index (χ1n) is 4.63. The van der Waals surface area contributed by atoms with Crippen molar-refractivity contribution in [3.8, 4) is 0 Å². The molecule has 1 amide bonds. The van der Waals surface area contributed by atoms with Crippen LogP contribution in [-0.4, -0.2) is 17.6 Å². The van der Waals surface area contributed by atoms with Gasteiger partial charge in [-0.2, -0.15) is 0 Å². The molecule has 0 atom stereocenters. The summed E-state index contributed by atoms with van der Waals surface area (Å²) < 4.78 is 5.03. The molecule has 0 bridgehead atoms. The van der Waals surface area contributed by atoms with Crippen molar-refractivity contribution in [1.29, 1.82) is 0 Å². The number of carbonyl (C=O) groups is 1. The predicted octanol–water partition coefficient (Wildman–Crippen LogP) is 1.47. The number of hydrogen-bond donors (Lipinski definition) is 2. The summed E-state index contributed by atoms with van der Waals surface area (Å²) in [4.78, 5) is 11.3. The minimum Gasteiger partial charge on any atom is -0.465 e. The lowest BCUT2D eigenvalue weighted by Gasteiger charge is -2.04. The van der Waals surface area contributed by atoms with E-state index in [9.17, 15) is 4.79 Å². The number of carbonyl (C=O) groups excluding carboxylic acids is 1. The van der Waals surface area contributed by atoms with Crippen LogP contribution in [0.15, 0.2) is 41.5 Å². The normalized spacial score (nSPS) is 10.0. The summed E-state index contributed by atoms with van der Waals surface area (Å²) in [5.74, 6) is 0.304. The van der Waals surface area contributed by atoms with Crippen molar-refractivity contribution in [2.75, 3.05) is 6.54 Å². The summed E-state index contributed by atoms with van der Waals surface area (Å²) in [6.45, 7) is 4.04. The summed E-state index contributed by atoms with van der Waals surface area (Å²) in [7, 11) is 0. The molecule has 1 aromatic rings. The molecule has 0 aromatic carbocycles. The highest BCUT2D eigenvalue weighted by Crippen LogP contribution is 2.01. The Bertz CT molecular complexity index is 396. The third-order valence-electron chi connectivity index (χ3n) is 1.59. The Labute approximate surface area is 99.0 Å². The second kappa shape index (κ2) is 6.58. The Morgan fingerprint density at radius 1 is 1.62 bits per heavy atom. The van der Waals surface area contributed by atoms with E-state index >= 15 is 0 Å². The quantitative estimate of drug-likeness (QED) is 0.472. The maximum absolute atomic E-state index is 11.3. The van der Waals surface area contributed by atoms with Gasteiger partial charge in [-0.1, -0.05) is 6.08 Å². The van der Waals surface area contributed by atoms with Crippen molar-refractivity contribution >= 4 is 29.3 Å². The van der Waals surface area contributed by atoms with Crippen molar-refractivity contribution in [2.45, 2.75) is 0 Å². The third kappa shape index (κ3) is 4.56. The van der Waals surface area contributed by atoms with Gasteiger partial charge in [-0.25, -0.2) is 0 Å². The number of thiocarbonyl (C=S) groups is 1. The Kier molecular flexibility index (Phi) is 5.01. The molecule has 0 aliphatic heterocycles. The van der Waals surface area contributed by atoms with Crippen molar-refractivity contribution in [3.05, 3.63) is 42.9 Å². The molecule has 0 unspecified atom stereocenters. The molecular formula is C11H12N2O2S. The fraction of sp³-hybridized carbons (Fsp3) is 0.0909. The number of rotatable bonds is 4. The molecular weight excluding hydrogens is 224 g/mol. The SMILES string of the molecule is C=CCNC(=S)NC(=O)C=Cc1ccco1. The highest BCUT2D eigenvalue weighted by molar-refractivity contribution is 7.80. The van der Waals surface area contributed by atoms with Crippen LogP contribution in [0.1, 0.15) is 5.76 Å². The lowest BCUT2D eigenvalue weighted by Crippen LogP contribution is -2.38. The molecule has 0 spiro atoms. The van der Waals surface area contributed by atoms with E-state index in [1.807, 2.05) is 0 Å². The van der Waals surface area contributed by atoms with Gasteiger partial charge in [0, 0.05) is 12.6 Å². The molecule has 0 saturated carbocycles. The third-order valence-corrected chi connectivity index (χ3v) is 1.83. The van der Waals surface area contributed by atoms with Crippen LogP contribution in [0, 0.1) is 0 Å². The molecule has 0 radical (unpaired) electrons. The van der Waals surface area contributed by atoms with E-state index in [4.69, 9.17) is 16.6 Å². The minimum atomic E-state index is -0.307. The van der Waals surface area contributed by atoms with Crippen LogP contribution >= 0.6 is 12.2 Å². The monoisotopic (exact) mass is 236 g/mol. The molecule has 0 aliphatic carbocycles. The number of nitrogens with one attached hydrogen (secondary N) is 2. The van der Waals surface area contributed by atoms with E-state index in [0.29, 0.717) is 12.3 Å². The van der Waals surface area contributed by atoms with Gasteiger partial charge in [-0.15, -0.1) is 6.58 Å². The van der Waals surface area contributed by atoms with E-state index in [1.165, 1.54) is 12.3 Å². The molecule has 0 saturated heterocycles. The molecule has 5 heteroatoms. The van der Waals surface area contributed by atoms with E-state index < -0.39 is 0 Å². The minimum absolute atomic E-state index is 0.272. The van der Waals surface area contributed by atoms with E-state index in [1.54, 1.807) is 24.3 Å². The molecule has 4 nitrogen and oxygen atoms in total. The predicted molar refractivity (Wildman–Crippen MR) is 66.7 cm³/mol. The van der Waals surface area contributed by atoms with Crippen LogP contribution in [0.2, 0.25) is 0 Å². The highest BCUT2D eigenvalue weighted by Gasteiger charge is 1.99. The molecule has 1 aromatic heterocycles. The first-order valence-corrected chi connectivity index (χ1v) is 5.04. The molecule has 16 heavy (non-hydrogen) atoms. The zero-order valence-electron chi connectivity index (χ0n) is 8.60. The molecule has 0 fully saturated rings. The summed E-state index contributed by atoms with van der Waals surface area (Å²) >= 11 is 4.86. The van der Waals surface area contributed by atoms with Gasteiger partial charge in [0.2, 0.25) is 5.91 Å². The van der Waals surface area contributed by atoms with Gasteiger partial charge in [0.25, 0.3) is 0 Å². The maximum atomic E-state index is 11.3. The van der Waals surface area contributed by atoms with Gasteiger partial charge in [-0.05, 0) is 30.4 Å². The van der Waals surface area contributed by atoms with Gasteiger partial charge in [0.15, 0.2) is 5.11 Å². The smallest absolute Gasteiger partial charge is 0.250 e. The molecule has 2 N–H and O–H groups in total. The standard InChI is InChI=1S/C11H12N2O2S/c1-2-7-12-11(16)13-10(14)6-5-9-4-3-8-15-9/h2-6,8H,1,7H2,(H2,12,13,14,16). The maximum Gasteiger partial charge on any atom is 0.250 e.